The third kappa shape index (κ3) is 3.39. The van der Waals surface area contributed by atoms with E-state index in [0.717, 1.165) is 37.2 Å². The van der Waals surface area contributed by atoms with Gasteiger partial charge < -0.3 is 10.2 Å². The number of hydrogen-bond acceptors (Lipinski definition) is 2. The lowest BCUT2D eigenvalue weighted by atomic mass is 10.1. The Balaban J connectivity index is 1.90. The van der Waals surface area contributed by atoms with Crippen molar-refractivity contribution in [1.29, 1.82) is 0 Å². The molecule has 2 rings (SSSR count). The summed E-state index contributed by atoms with van der Waals surface area (Å²) in [5, 5.41) is 3.79. The van der Waals surface area contributed by atoms with Crippen LogP contribution >= 0.6 is 11.6 Å². The molecule has 0 saturated carbocycles. The summed E-state index contributed by atoms with van der Waals surface area (Å²) in [5.74, 6) is 0.160. The summed E-state index contributed by atoms with van der Waals surface area (Å²) >= 11 is 6.08. The van der Waals surface area contributed by atoms with E-state index in [1.165, 1.54) is 6.42 Å². The number of halogens is 1. The molecule has 0 aliphatic carbocycles. The molecule has 0 bridgehead atoms. The average Bonchev–Trinajstić information content (AvgIpc) is 2.40. The largest absolute Gasteiger partial charge is 0.375 e. The zero-order valence-electron chi connectivity index (χ0n) is 10.7. The topological polar surface area (TPSA) is 32.3 Å². The summed E-state index contributed by atoms with van der Waals surface area (Å²) < 4.78 is 0. The minimum Gasteiger partial charge on any atom is -0.375 e. The van der Waals surface area contributed by atoms with Crippen molar-refractivity contribution in [2.24, 2.45) is 0 Å². The number of nitrogens with zero attached hydrogens (tertiary/aromatic N) is 1. The second-order valence-electron chi connectivity index (χ2n) is 4.78. The smallest absolute Gasteiger partial charge is 0.241 e. The van der Waals surface area contributed by atoms with Crippen molar-refractivity contribution in [3.05, 3.63) is 28.8 Å². The second kappa shape index (κ2) is 6.10. The van der Waals surface area contributed by atoms with Crippen molar-refractivity contribution in [3.63, 3.8) is 0 Å². The van der Waals surface area contributed by atoms with Gasteiger partial charge in [0.1, 0.15) is 0 Å². The number of hydrogen-bond donors (Lipinski definition) is 1. The van der Waals surface area contributed by atoms with Crippen molar-refractivity contribution < 1.29 is 4.79 Å². The monoisotopic (exact) mass is 266 g/mol. The molecule has 98 valence electrons. The van der Waals surface area contributed by atoms with Crippen molar-refractivity contribution in [2.75, 3.05) is 25.0 Å². The van der Waals surface area contributed by atoms with E-state index in [2.05, 4.69) is 5.32 Å². The maximum Gasteiger partial charge on any atom is 0.241 e. The highest BCUT2D eigenvalue weighted by Crippen LogP contribution is 2.22. The fourth-order valence-electron chi connectivity index (χ4n) is 2.20. The Hall–Kier alpha value is -1.22. The Morgan fingerprint density at radius 3 is 2.78 bits per heavy atom. The van der Waals surface area contributed by atoms with Crippen LogP contribution in [0, 0.1) is 6.92 Å². The second-order valence-corrected chi connectivity index (χ2v) is 5.19. The van der Waals surface area contributed by atoms with Gasteiger partial charge in [0.05, 0.1) is 17.3 Å². The van der Waals surface area contributed by atoms with Crippen LogP contribution in [0.3, 0.4) is 0 Å². The van der Waals surface area contributed by atoms with Crippen molar-refractivity contribution in [3.8, 4) is 0 Å². The molecular formula is C14H19ClN2O. The minimum atomic E-state index is 0.160. The van der Waals surface area contributed by atoms with E-state index in [0.29, 0.717) is 11.6 Å². The summed E-state index contributed by atoms with van der Waals surface area (Å²) in [5.41, 5.74) is 1.97. The first-order valence-corrected chi connectivity index (χ1v) is 6.82. The highest BCUT2D eigenvalue weighted by atomic mass is 35.5. The number of piperidine rings is 1. The molecule has 1 N–H and O–H groups in total. The van der Waals surface area contributed by atoms with Crippen LogP contribution in [0.2, 0.25) is 5.02 Å². The lowest BCUT2D eigenvalue weighted by Crippen LogP contribution is -2.39. The molecule has 1 amide bonds. The third-order valence-electron chi connectivity index (χ3n) is 3.26. The molecule has 1 aliphatic heterocycles. The Labute approximate surface area is 113 Å². The number of aryl methyl sites for hydroxylation is 1. The maximum atomic E-state index is 12.0. The van der Waals surface area contributed by atoms with Gasteiger partial charge in [-0.1, -0.05) is 17.7 Å². The zero-order chi connectivity index (χ0) is 13.0. The van der Waals surface area contributed by atoms with Gasteiger partial charge in [0, 0.05) is 13.1 Å². The van der Waals surface area contributed by atoms with E-state index in [1.54, 1.807) is 0 Å². The molecule has 3 nitrogen and oxygen atoms in total. The van der Waals surface area contributed by atoms with Gasteiger partial charge in [0.15, 0.2) is 0 Å². The molecule has 0 atom stereocenters. The van der Waals surface area contributed by atoms with Gasteiger partial charge in [0.25, 0.3) is 0 Å². The maximum absolute atomic E-state index is 12.0. The lowest BCUT2D eigenvalue weighted by Gasteiger charge is -2.27. The number of rotatable bonds is 3. The normalized spacial score (nSPS) is 15.6. The van der Waals surface area contributed by atoms with Gasteiger partial charge in [0.2, 0.25) is 5.91 Å². The Kier molecular flexibility index (Phi) is 4.48. The fraction of sp³-hybridized carbons (Fsp3) is 0.500. The van der Waals surface area contributed by atoms with Crippen molar-refractivity contribution in [1.82, 2.24) is 4.90 Å². The summed E-state index contributed by atoms with van der Waals surface area (Å²) in [4.78, 5) is 13.9. The first kappa shape index (κ1) is 13.2. The molecule has 1 fully saturated rings. The van der Waals surface area contributed by atoms with E-state index >= 15 is 0 Å². The van der Waals surface area contributed by atoms with E-state index in [9.17, 15) is 4.79 Å². The molecule has 1 aromatic rings. The first-order valence-electron chi connectivity index (χ1n) is 6.44. The van der Waals surface area contributed by atoms with Crippen LogP contribution < -0.4 is 5.32 Å². The molecule has 1 heterocycles. The highest BCUT2D eigenvalue weighted by molar-refractivity contribution is 6.33. The summed E-state index contributed by atoms with van der Waals surface area (Å²) in [6, 6.07) is 5.77. The summed E-state index contributed by atoms with van der Waals surface area (Å²) in [6.45, 7) is 4.11. The summed E-state index contributed by atoms with van der Waals surface area (Å²) in [7, 11) is 0. The Morgan fingerprint density at radius 2 is 2.06 bits per heavy atom. The van der Waals surface area contributed by atoms with Crippen LogP contribution in [0.1, 0.15) is 24.8 Å². The van der Waals surface area contributed by atoms with Crippen LogP contribution in [0.15, 0.2) is 18.2 Å². The number of amides is 1. The zero-order valence-corrected chi connectivity index (χ0v) is 11.5. The first-order chi connectivity index (χ1) is 8.66. The molecule has 1 aliphatic rings. The van der Waals surface area contributed by atoms with Gasteiger partial charge in [-0.05, 0) is 43.9 Å². The minimum absolute atomic E-state index is 0.160. The van der Waals surface area contributed by atoms with Gasteiger partial charge in [-0.25, -0.2) is 0 Å². The van der Waals surface area contributed by atoms with Crippen LogP contribution in [0.25, 0.3) is 0 Å². The standard InChI is InChI=1S/C14H19ClN2O/c1-11-5-6-12(15)13(9-11)16-10-14(18)17-7-3-2-4-8-17/h5-6,9,16H,2-4,7-8,10H2,1H3. The SMILES string of the molecule is Cc1ccc(Cl)c(NCC(=O)N2CCCCC2)c1. The van der Waals surface area contributed by atoms with Gasteiger partial charge in [-0.15, -0.1) is 0 Å². The number of benzene rings is 1. The third-order valence-corrected chi connectivity index (χ3v) is 3.59. The molecular weight excluding hydrogens is 248 g/mol. The lowest BCUT2D eigenvalue weighted by molar-refractivity contribution is -0.130. The predicted molar refractivity (Wildman–Crippen MR) is 75.1 cm³/mol. The van der Waals surface area contributed by atoms with Crippen molar-refractivity contribution >= 4 is 23.2 Å². The number of anilines is 1. The van der Waals surface area contributed by atoms with Crippen molar-refractivity contribution in [2.45, 2.75) is 26.2 Å². The van der Waals surface area contributed by atoms with Gasteiger partial charge >= 0.3 is 0 Å². The Bertz CT molecular complexity index is 428. The molecule has 4 heteroatoms. The summed E-state index contributed by atoms with van der Waals surface area (Å²) in [6.07, 6.45) is 3.48. The van der Waals surface area contributed by atoms with E-state index in [4.69, 9.17) is 11.6 Å². The average molecular weight is 267 g/mol. The number of carbonyl (C=O) groups excluding carboxylic acids is 1. The van der Waals surface area contributed by atoms with Gasteiger partial charge in [-0.2, -0.15) is 0 Å². The fourth-order valence-corrected chi connectivity index (χ4v) is 2.38. The molecule has 18 heavy (non-hydrogen) atoms. The quantitative estimate of drug-likeness (QED) is 0.912. The van der Waals surface area contributed by atoms with Crippen LogP contribution in [-0.4, -0.2) is 30.4 Å². The van der Waals surface area contributed by atoms with Gasteiger partial charge in [-0.3, -0.25) is 4.79 Å². The molecule has 1 saturated heterocycles. The van der Waals surface area contributed by atoms with E-state index in [1.807, 2.05) is 30.0 Å². The predicted octanol–water partition coefficient (Wildman–Crippen LogP) is 3.07. The molecule has 1 aromatic carbocycles. The van der Waals surface area contributed by atoms with E-state index in [-0.39, 0.29) is 5.91 Å². The van der Waals surface area contributed by atoms with Crippen LogP contribution in [0.4, 0.5) is 5.69 Å². The molecule has 0 unspecified atom stereocenters. The number of likely N-dealkylation sites (tertiary alicyclic amines) is 1. The van der Waals surface area contributed by atoms with Crippen LogP contribution in [-0.2, 0) is 4.79 Å². The number of nitrogens with one attached hydrogen (secondary N) is 1. The molecule has 0 radical (unpaired) electrons. The number of carbonyl (C=O) groups is 1. The molecule has 0 aromatic heterocycles. The van der Waals surface area contributed by atoms with Crippen LogP contribution in [0.5, 0.6) is 0 Å². The Morgan fingerprint density at radius 1 is 1.33 bits per heavy atom. The van der Waals surface area contributed by atoms with E-state index < -0.39 is 0 Å². The molecule has 0 spiro atoms. The highest BCUT2D eigenvalue weighted by Gasteiger charge is 2.16.